The lowest BCUT2D eigenvalue weighted by Crippen LogP contribution is -2.42. The van der Waals surface area contributed by atoms with Crippen LogP contribution in [0.25, 0.3) is 0 Å². The summed E-state index contributed by atoms with van der Waals surface area (Å²) in [5.74, 6) is 1.14. The Labute approximate surface area is 161 Å². The first-order valence-electron chi connectivity index (χ1n) is 8.21. The first-order valence-corrected chi connectivity index (χ1v) is 8.21. The Bertz CT molecular complexity index is 536. The predicted octanol–water partition coefficient (Wildman–Crippen LogP) is 2.55. The lowest BCUT2D eigenvalue weighted by atomic mass is 9.99. The van der Waals surface area contributed by atoms with Gasteiger partial charge in [0.1, 0.15) is 0 Å². The minimum absolute atomic E-state index is 0. The average molecular weight is 445 g/mol. The van der Waals surface area contributed by atoms with Crippen LogP contribution in [-0.2, 0) is 16.0 Å². The molecule has 1 saturated heterocycles. The average Bonchev–Trinajstić information content (AvgIpc) is 3.03. The van der Waals surface area contributed by atoms with Crippen LogP contribution < -0.4 is 5.32 Å². The second-order valence-electron chi connectivity index (χ2n) is 6.14. The number of hydrogen-bond acceptors (Lipinski definition) is 3. The van der Waals surface area contributed by atoms with Crippen LogP contribution in [-0.4, -0.2) is 50.6 Å². The van der Waals surface area contributed by atoms with Gasteiger partial charge in [-0.2, -0.15) is 0 Å². The first kappa shape index (κ1) is 20.7. The summed E-state index contributed by atoms with van der Waals surface area (Å²) in [7, 11) is 3.21. The van der Waals surface area contributed by atoms with E-state index in [9.17, 15) is 4.79 Å². The number of methoxy groups -OCH3 is 1. The third-order valence-electron chi connectivity index (χ3n) is 4.33. The van der Waals surface area contributed by atoms with Crippen LogP contribution in [0.2, 0.25) is 0 Å². The fourth-order valence-corrected chi connectivity index (χ4v) is 3.00. The maximum absolute atomic E-state index is 11.5. The second kappa shape index (κ2) is 10.5. The van der Waals surface area contributed by atoms with Gasteiger partial charge in [0.05, 0.1) is 13.0 Å². The summed E-state index contributed by atoms with van der Waals surface area (Å²) in [5, 5.41) is 3.29. The van der Waals surface area contributed by atoms with Crippen molar-refractivity contribution in [3.8, 4) is 0 Å². The van der Waals surface area contributed by atoms with E-state index in [4.69, 9.17) is 4.74 Å². The van der Waals surface area contributed by atoms with Crippen molar-refractivity contribution in [2.45, 2.75) is 19.8 Å². The Balaban J connectivity index is 0.00000288. The molecular formula is C18H28IN3O2. The van der Waals surface area contributed by atoms with E-state index in [2.05, 4.69) is 45.5 Å². The van der Waals surface area contributed by atoms with Crippen molar-refractivity contribution in [1.82, 2.24) is 10.2 Å². The number of esters is 1. The molecule has 1 N–H and O–H groups in total. The Morgan fingerprint density at radius 1 is 1.42 bits per heavy atom. The van der Waals surface area contributed by atoms with Crippen LogP contribution >= 0.6 is 24.0 Å². The molecule has 2 rings (SSSR count). The minimum Gasteiger partial charge on any atom is -0.469 e. The number of nitrogens with zero attached hydrogens (tertiary/aromatic N) is 2. The number of benzene rings is 1. The SMILES string of the molecule is CN=C(NCC(C)C(=O)OC)N1CCC(Cc2ccccc2)C1.I. The third-order valence-corrected chi connectivity index (χ3v) is 4.33. The van der Waals surface area contributed by atoms with Gasteiger partial charge in [-0.3, -0.25) is 9.79 Å². The van der Waals surface area contributed by atoms with Gasteiger partial charge in [-0.1, -0.05) is 37.3 Å². The van der Waals surface area contributed by atoms with Gasteiger partial charge in [-0.05, 0) is 24.3 Å². The highest BCUT2D eigenvalue weighted by Crippen LogP contribution is 2.20. The van der Waals surface area contributed by atoms with Gasteiger partial charge < -0.3 is 15.0 Å². The molecule has 0 bridgehead atoms. The Morgan fingerprint density at radius 3 is 2.75 bits per heavy atom. The van der Waals surface area contributed by atoms with Crippen LogP contribution in [0, 0.1) is 11.8 Å². The molecule has 1 aliphatic heterocycles. The van der Waals surface area contributed by atoms with E-state index in [1.165, 1.54) is 19.1 Å². The smallest absolute Gasteiger partial charge is 0.310 e. The van der Waals surface area contributed by atoms with Crippen molar-refractivity contribution in [2.75, 3.05) is 33.8 Å². The molecule has 1 aliphatic rings. The lowest BCUT2D eigenvalue weighted by Gasteiger charge is -2.23. The third kappa shape index (κ3) is 5.96. The van der Waals surface area contributed by atoms with E-state index in [0.717, 1.165) is 25.5 Å². The zero-order chi connectivity index (χ0) is 16.7. The van der Waals surface area contributed by atoms with Crippen LogP contribution in [0.1, 0.15) is 18.9 Å². The lowest BCUT2D eigenvalue weighted by molar-refractivity contribution is -0.144. The quantitative estimate of drug-likeness (QED) is 0.328. The number of carbonyl (C=O) groups excluding carboxylic acids is 1. The van der Waals surface area contributed by atoms with Crippen molar-refractivity contribution in [3.63, 3.8) is 0 Å². The molecule has 1 aromatic rings. The van der Waals surface area contributed by atoms with Crippen LogP contribution in [0.5, 0.6) is 0 Å². The molecule has 1 fully saturated rings. The van der Waals surface area contributed by atoms with E-state index < -0.39 is 0 Å². The van der Waals surface area contributed by atoms with Crippen molar-refractivity contribution < 1.29 is 9.53 Å². The molecule has 0 spiro atoms. The molecule has 0 saturated carbocycles. The summed E-state index contributed by atoms with van der Waals surface area (Å²) in [4.78, 5) is 18.1. The largest absolute Gasteiger partial charge is 0.469 e. The summed E-state index contributed by atoms with van der Waals surface area (Å²) in [6.07, 6.45) is 2.27. The Hall–Kier alpha value is -1.31. The van der Waals surface area contributed by atoms with Gasteiger partial charge in [0.15, 0.2) is 5.96 Å². The van der Waals surface area contributed by atoms with E-state index in [1.807, 2.05) is 6.92 Å². The molecule has 2 unspecified atom stereocenters. The maximum Gasteiger partial charge on any atom is 0.310 e. The number of rotatable bonds is 5. The van der Waals surface area contributed by atoms with Crippen molar-refractivity contribution in [2.24, 2.45) is 16.8 Å². The van der Waals surface area contributed by atoms with Gasteiger partial charge in [0.25, 0.3) is 0 Å². The van der Waals surface area contributed by atoms with Crippen molar-refractivity contribution in [3.05, 3.63) is 35.9 Å². The molecule has 1 heterocycles. The maximum atomic E-state index is 11.5. The Kier molecular flexibility index (Phi) is 9.10. The number of ether oxygens (including phenoxy) is 1. The van der Waals surface area contributed by atoms with Gasteiger partial charge in [0, 0.05) is 26.7 Å². The van der Waals surface area contributed by atoms with Crippen LogP contribution in [0.3, 0.4) is 0 Å². The number of guanidine groups is 1. The zero-order valence-corrected chi connectivity index (χ0v) is 17.0. The summed E-state index contributed by atoms with van der Waals surface area (Å²) >= 11 is 0. The van der Waals surface area contributed by atoms with E-state index in [1.54, 1.807) is 7.05 Å². The molecule has 2 atom stereocenters. The van der Waals surface area contributed by atoms with Crippen LogP contribution in [0.4, 0.5) is 0 Å². The highest BCUT2D eigenvalue weighted by Gasteiger charge is 2.25. The molecule has 134 valence electrons. The highest BCUT2D eigenvalue weighted by atomic mass is 127. The normalized spacial score (nSPS) is 18.7. The van der Waals surface area contributed by atoms with Gasteiger partial charge in [-0.25, -0.2) is 0 Å². The van der Waals surface area contributed by atoms with Gasteiger partial charge >= 0.3 is 5.97 Å². The highest BCUT2D eigenvalue weighted by molar-refractivity contribution is 14.0. The minimum atomic E-state index is -0.198. The van der Waals surface area contributed by atoms with Crippen molar-refractivity contribution >= 4 is 35.9 Å². The number of carbonyl (C=O) groups is 1. The molecule has 0 aromatic heterocycles. The fraction of sp³-hybridized carbons (Fsp3) is 0.556. The molecule has 0 aliphatic carbocycles. The van der Waals surface area contributed by atoms with E-state index in [0.29, 0.717) is 12.5 Å². The molecule has 24 heavy (non-hydrogen) atoms. The number of halogens is 1. The summed E-state index contributed by atoms with van der Waals surface area (Å²) in [6, 6.07) is 10.6. The molecule has 1 aromatic carbocycles. The summed E-state index contributed by atoms with van der Waals surface area (Å²) in [5.41, 5.74) is 1.39. The number of likely N-dealkylation sites (tertiary alicyclic amines) is 1. The standard InChI is InChI=1S/C18H27N3O2.HI/c1-14(17(22)23-3)12-20-18(19-2)21-10-9-16(13-21)11-15-7-5-4-6-8-15;/h4-8,14,16H,9-13H2,1-3H3,(H,19,20);1H. The Morgan fingerprint density at radius 2 is 2.12 bits per heavy atom. The molecule has 6 heteroatoms. The van der Waals surface area contributed by atoms with E-state index >= 15 is 0 Å². The fourth-order valence-electron chi connectivity index (χ4n) is 3.00. The monoisotopic (exact) mass is 445 g/mol. The van der Waals surface area contributed by atoms with Crippen molar-refractivity contribution in [1.29, 1.82) is 0 Å². The topological polar surface area (TPSA) is 53.9 Å². The molecular weight excluding hydrogens is 417 g/mol. The first-order chi connectivity index (χ1) is 11.1. The molecule has 0 radical (unpaired) electrons. The summed E-state index contributed by atoms with van der Waals surface area (Å²) in [6.45, 7) is 4.40. The van der Waals surface area contributed by atoms with Crippen LogP contribution in [0.15, 0.2) is 35.3 Å². The zero-order valence-electron chi connectivity index (χ0n) is 14.7. The predicted molar refractivity (Wildman–Crippen MR) is 108 cm³/mol. The number of hydrogen-bond donors (Lipinski definition) is 1. The molecule has 5 nitrogen and oxygen atoms in total. The second-order valence-corrected chi connectivity index (χ2v) is 6.14. The van der Waals surface area contributed by atoms with Gasteiger partial charge in [0.2, 0.25) is 0 Å². The molecule has 0 amide bonds. The number of aliphatic imine (C=N–C) groups is 1. The summed E-state index contributed by atoms with van der Waals surface area (Å²) < 4.78 is 4.75. The van der Waals surface area contributed by atoms with Gasteiger partial charge in [-0.15, -0.1) is 24.0 Å². The number of nitrogens with one attached hydrogen (secondary N) is 1. The van der Waals surface area contributed by atoms with E-state index in [-0.39, 0.29) is 35.9 Å².